The highest BCUT2D eigenvalue weighted by atomic mass is 16.1. The van der Waals surface area contributed by atoms with Crippen LogP contribution < -0.4 is 5.73 Å². The maximum absolute atomic E-state index is 14.2. The van der Waals surface area contributed by atoms with E-state index in [9.17, 15) is 9.59 Å². The minimum atomic E-state index is 0.0280. The molecule has 0 radical (unpaired) electrons. The quantitative estimate of drug-likeness (QED) is 0.294. The molecule has 0 saturated carbocycles. The van der Waals surface area contributed by atoms with Crippen molar-refractivity contribution in [3.8, 4) is 0 Å². The van der Waals surface area contributed by atoms with Crippen molar-refractivity contribution in [2.45, 2.75) is 105 Å². The number of carbonyl (C=O) groups is 2. The van der Waals surface area contributed by atoms with Gasteiger partial charge in [-0.05, 0) is 79.7 Å². The lowest BCUT2D eigenvalue weighted by Crippen LogP contribution is -2.28. The Morgan fingerprint density at radius 1 is 0.576 bits per heavy atom. The number of aryl methyl sites for hydroxylation is 3. The highest BCUT2D eigenvalue weighted by molar-refractivity contribution is 6.30. The first kappa shape index (κ1) is 25.2. The van der Waals surface area contributed by atoms with Crippen LogP contribution in [0.2, 0.25) is 0 Å². The molecular formula is C30H41NO2. The Morgan fingerprint density at radius 2 is 0.970 bits per heavy atom. The molecular weight excluding hydrogens is 406 g/mol. The first-order valence-electron chi connectivity index (χ1n) is 13.2. The van der Waals surface area contributed by atoms with Crippen molar-refractivity contribution in [1.29, 1.82) is 0 Å². The summed E-state index contributed by atoms with van der Waals surface area (Å²) in [6.45, 7) is 8.61. The van der Waals surface area contributed by atoms with Crippen LogP contribution in [0.5, 0.6) is 0 Å². The third-order valence-corrected chi connectivity index (χ3v) is 7.02. The molecule has 0 unspecified atom stereocenters. The van der Waals surface area contributed by atoms with E-state index < -0.39 is 0 Å². The average molecular weight is 448 g/mol. The number of hydrogen-bond acceptors (Lipinski definition) is 3. The van der Waals surface area contributed by atoms with Gasteiger partial charge in [-0.25, -0.2) is 0 Å². The normalized spacial score (nSPS) is 12.7. The number of nitrogen functional groups attached to an aromatic ring is 1. The second-order valence-electron chi connectivity index (χ2n) is 9.56. The predicted octanol–water partition coefficient (Wildman–Crippen LogP) is 7.41. The molecule has 3 heteroatoms. The van der Waals surface area contributed by atoms with E-state index in [0.717, 1.165) is 99.3 Å². The number of nitrogens with two attached hydrogens (primary N) is 1. The maximum atomic E-state index is 14.2. The van der Waals surface area contributed by atoms with Gasteiger partial charge in [0.15, 0.2) is 11.6 Å². The van der Waals surface area contributed by atoms with Crippen LogP contribution in [0.15, 0.2) is 18.2 Å². The van der Waals surface area contributed by atoms with E-state index in [-0.39, 0.29) is 11.6 Å². The molecule has 0 aliphatic heterocycles. The van der Waals surface area contributed by atoms with Crippen LogP contribution in [0.4, 0.5) is 5.69 Å². The highest BCUT2D eigenvalue weighted by Crippen LogP contribution is 2.39. The minimum Gasteiger partial charge on any atom is -0.398 e. The zero-order valence-electron chi connectivity index (χ0n) is 21.1. The van der Waals surface area contributed by atoms with Gasteiger partial charge >= 0.3 is 0 Å². The van der Waals surface area contributed by atoms with Crippen LogP contribution in [0.3, 0.4) is 0 Å². The highest BCUT2D eigenvalue weighted by Gasteiger charge is 2.37. The zero-order chi connectivity index (χ0) is 24.0. The first-order chi connectivity index (χ1) is 16.0. The monoisotopic (exact) mass is 447 g/mol. The van der Waals surface area contributed by atoms with Crippen LogP contribution in [-0.2, 0) is 25.7 Å². The molecule has 2 aromatic carbocycles. The molecule has 0 heterocycles. The summed E-state index contributed by atoms with van der Waals surface area (Å²) in [5.74, 6) is 0.0770. The Kier molecular flexibility index (Phi) is 8.88. The van der Waals surface area contributed by atoms with Gasteiger partial charge < -0.3 is 5.73 Å². The molecule has 0 aromatic heterocycles. The van der Waals surface area contributed by atoms with Crippen molar-refractivity contribution < 1.29 is 9.59 Å². The maximum Gasteiger partial charge on any atom is 0.195 e. The summed E-state index contributed by atoms with van der Waals surface area (Å²) in [6.07, 6.45) is 11.3. The van der Waals surface area contributed by atoms with Crippen molar-refractivity contribution in [3.05, 3.63) is 62.7 Å². The fraction of sp³-hybridized carbons (Fsp3) is 0.533. The Bertz CT molecular complexity index is 1020. The lowest BCUT2D eigenvalue weighted by atomic mass is 9.74. The Labute approximate surface area is 200 Å². The summed E-state index contributed by atoms with van der Waals surface area (Å²) < 4.78 is 0. The van der Waals surface area contributed by atoms with Crippen molar-refractivity contribution >= 4 is 17.3 Å². The van der Waals surface area contributed by atoms with E-state index in [1.807, 2.05) is 6.07 Å². The fourth-order valence-electron chi connectivity index (χ4n) is 5.11. The van der Waals surface area contributed by atoms with Gasteiger partial charge in [0.05, 0.1) is 0 Å². The van der Waals surface area contributed by atoms with Crippen LogP contribution in [0, 0.1) is 0 Å². The molecule has 178 valence electrons. The SMILES string of the molecule is CCCCc1ccc(CCCC)c2c1C(=O)c1c(CCCC)cc(N)c(CCCC)c1C2=O. The zero-order valence-corrected chi connectivity index (χ0v) is 21.1. The van der Waals surface area contributed by atoms with Gasteiger partial charge in [0, 0.05) is 27.9 Å². The van der Waals surface area contributed by atoms with Gasteiger partial charge in [-0.15, -0.1) is 0 Å². The number of carbonyl (C=O) groups excluding carboxylic acids is 2. The van der Waals surface area contributed by atoms with Gasteiger partial charge in [-0.1, -0.05) is 65.5 Å². The minimum absolute atomic E-state index is 0.0280. The molecule has 33 heavy (non-hydrogen) atoms. The van der Waals surface area contributed by atoms with E-state index in [0.29, 0.717) is 27.9 Å². The van der Waals surface area contributed by atoms with E-state index >= 15 is 0 Å². The van der Waals surface area contributed by atoms with Gasteiger partial charge in [0.2, 0.25) is 0 Å². The third-order valence-electron chi connectivity index (χ3n) is 7.02. The lowest BCUT2D eigenvalue weighted by Gasteiger charge is -2.28. The molecule has 2 N–H and O–H groups in total. The molecule has 0 spiro atoms. The summed E-state index contributed by atoms with van der Waals surface area (Å²) in [7, 11) is 0. The molecule has 0 atom stereocenters. The van der Waals surface area contributed by atoms with Gasteiger partial charge in [0.25, 0.3) is 0 Å². The number of rotatable bonds is 12. The summed E-state index contributed by atoms with van der Waals surface area (Å²) >= 11 is 0. The number of ketones is 2. The predicted molar refractivity (Wildman–Crippen MR) is 139 cm³/mol. The largest absolute Gasteiger partial charge is 0.398 e. The number of fused-ring (bicyclic) bond motifs is 2. The standard InChI is InChI=1S/C30H41NO2/c1-5-9-13-20-17-18-21(14-10-6-2)26-25(20)29(32)27-22(15-11-7-3)19-24(31)23(16-12-8-4)28(27)30(26)33/h17-19H,5-16,31H2,1-4H3. The molecule has 0 amide bonds. The number of hydrogen-bond donors (Lipinski definition) is 1. The van der Waals surface area contributed by atoms with Crippen molar-refractivity contribution in [2.24, 2.45) is 0 Å². The van der Waals surface area contributed by atoms with Crippen molar-refractivity contribution in [1.82, 2.24) is 0 Å². The smallest absolute Gasteiger partial charge is 0.195 e. The topological polar surface area (TPSA) is 60.2 Å². The van der Waals surface area contributed by atoms with Gasteiger partial charge in [-0.3, -0.25) is 9.59 Å². The van der Waals surface area contributed by atoms with Gasteiger partial charge in [0.1, 0.15) is 0 Å². The summed E-state index contributed by atoms with van der Waals surface area (Å²) in [5, 5.41) is 0. The molecule has 0 fully saturated rings. The molecule has 2 aromatic rings. The number of anilines is 1. The fourth-order valence-corrected chi connectivity index (χ4v) is 5.11. The second-order valence-corrected chi connectivity index (χ2v) is 9.56. The van der Waals surface area contributed by atoms with Crippen LogP contribution >= 0.6 is 0 Å². The summed E-state index contributed by atoms with van der Waals surface area (Å²) in [5.41, 5.74) is 13.7. The Balaban J connectivity index is 2.29. The van der Waals surface area contributed by atoms with Crippen molar-refractivity contribution in [3.63, 3.8) is 0 Å². The van der Waals surface area contributed by atoms with E-state index in [2.05, 4.69) is 39.8 Å². The summed E-state index contributed by atoms with van der Waals surface area (Å²) in [6, 6.07) is 6.20. The van der Waals surface area contributed by atoms with E-state index in [4.69, 9.17) is 5.73 Å². The number of unbranched alkanes of at least 4 members (excludes halogenated alkanes) is 4. The van der Waals surface area contributed by atoms with Crippen LogP contribution in [0.1, 0.15) is 133 Å². The average Bonchev–Trinajstić information content (AvgIpc) is 2.82. The second kappa shape index (κ2) is 11.6. The van der Waals surface area contributed by atoms with Gasteiger partial charge in [-0.2, -0.15) is 0 Å². The van der Waals surface area contributed by atoms with Crippen LogP contribution in [0.25, 0.3) is 0 Å². The first-order valence-corrected chi connectivity index (χ1v) is 13.2. The Hall–Kier alpha value is -2.42. The molecule has 0 bridgehead atoms. The lowest BCUT2D eigenvalue weighted by molar-refractivity contribution is 0.0976. The van der Waals surface area contributed by atoms with Crippen molar-refractivity contribution in [2.75, 3.05) is 5.73 Å². The molecule has 3 rings (SSSR count). The molecule has 0 saturated heterocycles. The summed E-state index contributed by atoms with van der Waals surface area (Å²) in [4.78, 5) is 28.4. The van der Waals surface area contributed by atoms with E-state index in [1.165, 1.54) is 0 Å². The molecule has 3 nitrogen and oxygen atoms in total. The molecule has 1 aliphatic carbocycles. The number of benzene rings is 2. The van der Waals surface area contributed by atoms with E-state index in [1.54, 1.807) is 0 Å². The molecule has 1 aliphatic rings. The third kappa shape index (κ3) is 5.08. The Morgan fingerprint density at radius 3 is 1.45 bits per heavy atom. The van der Waals surface area contributed by atoms with Crippen LogP contribution in [-0.4, -0.2) is 11.6 Å².